The van der Waals surface area contributed by atoms with E-state index in [4.69, 9.17) is 9.72 Å². The molecular formula is C17H22N4O. The molecule has 22 heavy (non-hydrogen) atoms. The van der Waals surface area contributed by atoms with Crippen molar-refractivity contribution in [3.8, 4) is 17.1 Å². The van der Waals surface area contributed by atoms with E-state index in [1.807, 2.05) is 38.1 Å². The van der Waals surface area contributed by atoms with Gasteiger partial charge in [-0.2, -0.15) is 0 Å². The van der Waals surface area contributed by atoms with Gasteiger partial charge in [0, 0.05) is 43.5 Å². The number of hydrogen-bond acceptors (Lipinski definition) is 5. The first-order chi connectivity index (χ1) is 10.8. The molecule has 1 aliphatic heterocycles. The van der Waals surface area contributed by atoms with Gasteiger partial charge in [-0.1, -0.05) is 12.1 Å². The number of piperazine rings is 1. The minimum absolute atomic E-state index is 0.657. The first kappa shape index (κ1) is 14.8. The van der Waals surface area contributed by atoms with Gasteiger partial charge in [-0.05, 0) is 26.0 Å². The molecule has 0 saturated carbocycles. The molecule has 3 rings (SSSR count). The third-order valence-corrected chi connectivity index (χ3v) is 3.68. The molecule has 0 unspecified atom stereocenters. The van der Waals surface area contributed by atoms with Crippen LogP contribution in [0.25, 0.3) is 11.4 Å². The molecule has 0 aliphatic carbocycles. The lowest BCUT2D eigenvalue weighted by Gasteiger charge is -2.28. The summed E-state index contributed by atoms with van der Waals surface area (Å²) in [5, 5.41) is 3.37. The molecule has 1 N–H and O–H groups in total. The lowest BCUT2D eigenvalue weighted by atomic mass is 10.2. The van der Waals surface area contributed by atoms with Crippen molar-refractivity contribution in [2.45, 2.75) is 13.8 Å². The predicted molar refractivity (Wildman–Crippen MR) is 88.5 cm³/mol. The summed E-state index contributed by atoms with van der Waals surface area (Å²) in [5.74, 6) is 2.62. The Hall–Kier alpha value is -2.14. The zero-order valence-electron chi connectivity index (χ0n) is 13.2. The van der Waals surface area contributed by atoms with E-state index >= 15 is 0 Å². The van der Waals surface area contributed by atoms with Crippen LogP contribution >= 0.6 is 0 Å². The van der Waals surface area contributed by atoms with E-state index in [-0.39, 0.29) is 0 Å². The topological polar surface area (TPSA) is 50.3 Å². The van der Waals surface area contributed by atoms with Crippen molar-refractivity contribution in [1.82, 2.24) is 15.3 Å². The van der Waals surface area contributed by atoms with Gasteiger partial charge in [0.25, 0.3) is 0 Å². The van der Waals surface area contributed by atoms with Crippen LogP contribution in [0.3, 0.4) is 0 Å². The fourth-order valence-electron chi connectivity index (χ4n) is 2.63. The number of aryl methyl sites for hydroxylation is 1. The van der Waals surface area contributed by atoms with E-state index < -0.39 is 0 Å². The Morgan fingerprint density at radius 2 is 2.00 bits per heavy atom. The summed E-state index contributed by atoms with van der Waals surface area (Å²) in [6.45, 7) is 8.62. The SMILES string of the molecule is CCOc1cccc(-c2nc(C)cc(N3CCNCC3)n2)c1. The molecule has 5 heteroatoms. The van der Waals surface area contributed by atoms with E-state index in [1.54, 1.807) is 0 Å². The molecule has 1 aromatic heterocycles. The number of anilines is 1. The number of benzene rings is 1. The Bertz CT molecular complexity index is 638. The monoisotopic (exact) mass is 298 g/mol. The molecule has 1 saturated heterocycles. The molecule has 0 atom stereocenters. The number of nitrogens with one attached hydrogen (secondary N) is 1. The van der Waals surface area contributed by atoms with Crippen LogP contribution in [0.2, 0.25) is 0 Å². The molecule has 0 bridgehead atoms. The predicted octanol–water partition coefficient (Wildman–Crippen LogP) is 2.26. The van der Waals surface area contributed by atoms with Gasteiger partial charge in [-0.3, -0.25) is 0 Å². The van der Waals surface area contributed by atoms with Crippen molar-refractivity contribution in [2.24, 2.45) is 0 Å². The van der Waals surface area contributed by atoms with Crippen LogP contribution in [0.15, 0.2) is 30.3 Å². The third-order valence-electron chi connectivity index (χ3n) is 3.68. The van der Waals surface area contributed by atoms with Crippen LogP contribution in [0.4, 0.5) is 5.82 Å². The molecule has 1 fully saturated rings. The molecule has 116 valence electrons. The largest absolute Gasteiger partial charge is 0.494 e. The number of rotatable bonds is 4. The Labute approximate surface area is 131 Å². The highest BCUT2D eigenvalue weighted by Gasteiger charge is 2.14. The summed E-state index contributed by atoms with van der Waals surface area (Å²) >= 11 is 0. The zero-order valence-corrected chi connectivity index (χ0v) is 13.2. The molecule has 1 aromatic carbocycles. The van der Waals surface area contributed by atoms with E-state index in [0.717, 1.165) is 54.8 Å². The lowest BCUT2D eigenvalue weighted by Crippen LogP contribution is -2.44. The van der Waals surface area contributed by atoms with E-state index in [9.17, 15) is 0 Å². The van der Waals surface area contributed by atoms with Gasteiger partial charge in [0.05, 0.1) is 6.61 Å². The average molecular weight is 298 g/mol. The molecule has 2 heterocycles. The molecule has 0 spiro atoms. The normalized spacial score (nSPS) is 14.9. The molecule has 2 aromatic rings. The highest BCUT2D eigenvalue weighted by atomic mass is 16.5. The molecule has 0 radical (unpaired) electrons. The maximum Gasteiger partial charge on any atom is 0.161 e. The molecule has 0 amide bonds. The summed E-state index contributed by atoms with van der Waals surface area (Å²) in [4.78, 5) is 11.7. The highest BCUT2D eigenvalue weighted by Crippen LogP contribution is 2.24. The number of nitrogens with zero attached hydrogens (tertiary/aromatic N) is 3. The van der Waals surface area contributed by atoms with E-state index in [1.165, 1.54) is 0 Å². The second-order valence-electron chi connectivity index (χ2n) is 5.39. The third kappa shape index (κ3) is 3.36. The summed E-state index contributed by atoms with van der Waals surface area (Å²) < 4.78 is 5.57. The highest BCUT2D eigenvalue weighted by molar-refractivity contribution is 5.60. The van der Waals surface area contributed by atoms with E-state index in [2.05, 4.69) is 21.3 Å². The van der Waals surface area contributed by atoms with Gasteiger partial charge in [0.15, 0.2) is 5.82 Å². The van der Waals surface area contributed by atoms with Crippen molar-refractivity contribution in [3.63, 3.8) is 0 Å². The Balaban J connectivity index is 1.93. The second-order valence-corrected chi connectivity index (χ2v) is 5.39. The van der Waals surface area contributed by atoms with Gasteiger partial charge in [0.2, 0.25) is 0 Å². The van der Waals surface area contributed by atoms with Crippen molar-refractivity contribution >= 4 is 5.82 Å². The van der Waals surface area contributed by atoms with Crippen LogP contribution in [0.1, 0.15) is 12.6 Å². The van der Waals surface area contributed by atoms with Crippen LogP contribution in [-0.2, 0) is 0 Å². The van der Waals surface area contributed by atoms with Crippen molar-refractivity contribution in [3.05, 3.63) is 36.0 Å². The Kier molecular flexibility index (Phi) is 4.53. The molecule has 5 nitrogen and oxygen atoms in total. The van der Waals surface area contributed by atoms with Crippen LogP contribution in [0.5, 0.6) is 5.75 Å². The Morgan fingerprint density at radius 3 is 2.77 bits per heavy atom. The Morgan fingerprint density at radius 1 is 1.18 bits per heavy atom. The van der Waals surface area contributed by atoms with Crippen LogP contribution in [0, 0.1) is 6.92 Å². The number of hydrogen-bond donors (Lipinski definition) is 1. The standard InChI is InChI=1S/C17H22N4O/c1-3-22-15-6-4-5-14(12-15)17-19-13(2)11-16(20-17)21-9-7-18-8-10-21/h4-6,11-12,18H,3,7-10H2,1-2H3. The second kappa shape index (κ2) is 6.75. The fraction of sp³-hybridized carbons (Fsp3) is 0.412. The first-order valence-electron chi connectivity index (χ1n) is 7.81. The number of ether oxygens (including phenoxy) is 1. The summed E-state index contributed by atoms with van der Waals surface area (Å²) in [6, 6.07) is 10.0. The molecule has 1 aliphatic rings. The lowest BCUT2D eigenvalue weighted by molar-refractivity contribution is 0.340. The summed E-state index contributed by atoms with van der Waals surface area (Å²) in [6.07, 6.45) is 0. The van der Waals surface area contributed by atoms with Crippen molar-refractivity contribution < 1.29 is 4.74 Å². The van der Waals surface area contributed by atoms with Gasteiger partial charge in [-0.15, -0.1) is 0 Å². The quantitative estimate of drug-likeness (QED) is 0.938. The minimum atomic E-state index is 0.657. The minimum Gasteiger partial charge on any atom is -0.494 e. The van der Waals surface area contributed by atoms with Crippen LogP contribution < -0.4 is 15.0 Å². The summed E-state index contributed by atoms with van der Waals surface area (Å²) in [5.41, 5.74) is 1.98. The van der Waals surface area contributed by atoms with Crippen molar-refractivity contribution in [1.29, 1.82) is 0 Å². The maximum atomic E-state index is 5.57. The first-order valence-corrected chi connectivity index (χ1v) is 7.81. The van der Waals surface area contributed by atoms with Gasteiger partial charge in [0.1, 0.15) is 11.6 Å². The maximum absolute atomic E-state index is 5.57. The van der Waals surface area contributed by atoms with Gasteiger partial charge < -0.3 is 15.0 Å². The van der Waals surface area contributed by atoms with Gasteiger partial charge >= 0.3 is 0 Å². The van der Waals surface area contributed by atoms with E-state index in [0.29, 0.717) is 6.61 Å². The summed E-state index contributed by atoms with van der Waals surface area (Å²) in [7, 11) is 0. The fourth-order valence-corrected chi connectivity index (χ4v) is 2.63. The smallest absolute Gasteiger partial charge is 0.161 e. The zero-order chi connectivity index (χ0) is 15.4. The van der Waals surface area contributed by atoms with Crippen molar-refractivity contribution in [2.75, 3.05) is 37.7 Å². The van der Waals surface area contributed by atoms with Crippen LogP contribution in [-0.4, -0.2) is 42.8 Å². The molecular weight excluding hydrogens is 276 g/mol. The average Bonchev–Trinajstić information content (AvgIpc) is 2.56. The number of aromatic nitrogens is 2. The van der Waals surface area contributed by atoms with Gasteiger partial charge in [-0.25, -0.2) is 9.97 Å².